The number of aromatic nitrogens is 4. The molecule has 0 amide bonds. The number of hydrogen-bond acceptors (Lipinski definition) is 7. The van der Waals surface area contributed by atoms with Gasteiger partial charge in [0.2, 0.25) is 0 Å². The maximum absolute atomic E-state index is 13.5. The van der Waals surface area contributed by atoms with Gasteiger partial charge in [-0.3, -0.25) is 14.6 Å². The van der Waals surface area contributed by atoms with Gasteiger partial charge in [0, 0.05) is 13.1 Å². The lowest BCUT2D eigenvalue weighted by Crippen LogP contribution is -2.12. The van der Waals surface area contributed by atoms with Gasteiger partial charge in [-0.2, -0.15) is 5.26 Å². The number of pyridine rings is 2. The van der Waals surface area contributed by atoms with Gasteiger partial charge < -0.3 is 15.4 Å². The van der Waals surface area contributed by atoms with Crippen molar-refractivity contribution in [3.63, 3.8) is 0 Å². The van der Waals surface area contributed by atoms with Crippen molar-refractivity contribution in [2.75, 3.05) is 17.7 Å². The van der Waals surface area contributed by atoms with E-state index in [1.807, 2.05) is 0 Å². The molecular formula is C21H18FN7O2. The third-order valence-corrected chi connectivity index (χ3v) is 4.72. The zero-order valence-electron chi connectivity index (χ0n) is 16.9. The molecule has 0 aliphatic carbocycles. The summed E-state index contributed by atoms with van der Waals surface area (Å²) in [5, 5.41) is 18.8. The molecule has 31 heavy (non-hydrogen) atoms. The molecule has 0 bridgehead atoms. The molecule has 3 heterocycles. The van der Waals surface area contributed by atoms with Gasteiger partial charge in [-0.05, 0) is 30.7 Å². The quantitative estimate of drug-likeness (QED) is 0.453. The standard InChI is InChI=1S/C21H18FN7O2/c1-11-7-16(24-10-13(11)22)26-17-8-15(18-20(27-17)28-29(2)21(18)30)25-14-6-4-5-12(9-23)19(14)31-3/h4-8,10H,1-3H3,(H3,24,25,26,27,28). The number of anilines is 4. The molecule has 0 aliphatic rings. The lowest BCUT2D eigenvalue weighted by molar-refractivity contribution is 0.415. The number of para-hydroxylation sites is 1. The number of benzene rings is 1. The molecule has 4 aromatic rings. The molecule has 0 spiro atoms. The van der Waals surface area contributed by atoms with Crippen LogP contribution in [0.25, 0.3) is 11.0 Å². The number of aromatic amines is 1. The minimum atomic E-state index is -0.409. The second kappa shape index (κ2) is 7.79. The molecule has 4 rings (SSSR count). The number of aryl methyl sites for hydroxylation is 2. The highest BCUT2D eigenvalue weighted by Crippen LogP contribution is 2.33. The molecule has 9 nitrogen and oxygen atoms in total. The molecule has 3 aromatic heterocycles. The number of H-pyrrole nitrogens is 1. The number of halogens is 1. The van der Waals surface area contributed by atoms with Crippen molar-refractivity contribution in [3.05, 3.63) is 63.8 Å². The molecular weight excluding hydrogens is 401 g/mol. The van der Waals surface area contributed by atoms with E-state index in [2.05, 4.69) is 31.8 Å². The van der Waals surface area contributed by atoms with E-state index in [1.54, 1.807) is 44.3 Å². The molecule has 0 radical (unpaired) electrons. The highest BCUT2D eigenvalue weighted by molar-refractivity contribution is 5.93. The van der Waals surface area contributed by atoms with Crippen LogP contribution in [0.4, 0.5) is 27.4 Å². The summed E-state index contributed by atoms with van der Waals surface area (Å²) < 4.78 is 20.2. The summed E-state index contributed by atoms with van der Waals surface area (Å²) in [6.07, 6.45) is 1.12. The van der Waals surface area contributed by atoms with Crippen molar-refractivity contribution >= 4 is 34.0 Å². The summed E-state index contributed by atoms with van der Waals surface area (Å²) in [6.45, 7) is 1.63. The fourth-order valence-electron chi connectivity index (χ4n) is 3.21. The van der Waals surface area contributed by atoms with Gasteiger partial charge in [0.05, 0.1) is 30.2 Å². The Morgan fingerprint density at radius 1 is 1.23 bits per heavy atom. The van der Waals surface area contributed by atoms with Crippen molar-refractivity contribution in [1.82, 2.24) is 19.7 Å². The Hall–Kier alpha value is -4.39. The number of nitrogens with zero attached hydrogens (tertiary/aromatic N) is 4. The van der Waals surface area contributed by atoms with Gasteiger partial charge in [0.1, 0.15) is 28.9 Å². The highest BCUT2D eigenvalue weighted by Gasteiger charge is 2.16. The molecule has 0 atom stereocenters. The Morgan fingerprint density at radius 2 is 2.03 bits per heavy atom. The summed E-state index contributed by atoms with van der Waals surface area (Å²) in [5.74, 6) is 0.727. The second-order valence-electron chi connectivity index (χ2n) is 6.82. The number of nitriles is 1. The Labute approximate surface area is 176 Å². The van der Waals surface area contributed by atoms with Crippen LogP contribution in [-0.4, -0.2) is 26.9 Å². The van der Waals surface area contributed by atoms with E-state index in [1.165, 1.54) is 11.8 Å². The van der Waals surface area contributed by atoms with E-state index < -0.39 is 5.82 Å². The van der Waals surface area contributed by atoms with Gasteiger partial charge in [-0.1, -0.05) is 6.07 Å². The minimum Gasteiger partial charge on any atom is -0.493 e. The first-order valence-corrected chi connectivity index (χ1v) is 9.24. The third kappa shape index (κ3) is 3.64. The molecule has 0 saturated carbocycles. The smallest absolute Gasteiger partial charge is 0.277 e. The topological polar surface area (TPSA) is 121 Å². The van der Waals surface area contributed by atoms with Gasteiger partial charge in [0.25, 0.3) is 5.56 Å². The summed E-state index contributed by atoms with van der Waals surface area (Å²) in [4.78, 5) is 21.1. The number of hydrogen-bond donors (Lipinski definition) is 3. The predicted octanol–water partition coefficient (Wildman–Crippen LogP) is 3.47. The number of nitrogens with one attached hydrogen (secondary N) is 3. The van der Waals surface area contributed by atoms with Crippen LogP contribution in [0.5, 0.6) is 5.75 Å². The Bertz CT molecular complexity index is 1400. The van der Waals surface area contributed by atoms with E-state index in [9.17, 15) is 14.4 Å². The number of rotatable bonds is 5. The molecule has 156 valence electrons. The minimum absolute atomic E-state index is 0.275. The first-order valence-electron chi connectivity index (χ1n) is 9.24. The summed E-state index contributed by atoms with van der Waals surface area (Å²) >= 11 is 0. The van der Waals surface area contributed by atoms with Crippen LogP contribution in [0.1, 0.15) is 11.1 Å². The van der Waals surface area contributed by atoms with E-state index in [-0.39, 0.29) is 5.56 Å². The monoisotopic (exact) mass is 419 g/mol. The lowest BCUT2D eigenvalue weighted by Gasteiger charge is -2.14. The lowest BCUT2D eigenvalue weighted by atomic mass is 10.1. The van der Waals surface area contributed by atoms with E-state index in [0.29, 0.717) is 50.9 Å². The van der Waals surface area contributed by atoms with Crippen LogP contribution in [0, 0.1) is 24.1 Å². The van der Waals surface area contributed by atoms with Gasteiger partial charge in [-0.15, -0.1) is 0 Å². The van der Waals surface area contributed by atoms with Crippen molar-refractivity contribution in [3.8, 4) is 11.8 Å². The van der Waals surface area contributed by atoms with Gasteiger partial charge >= 0.3 is 0 Å². The zero-order chi connectivity index (χ0) is 22.1. The highest BCUT2D eigenvalue weighted by atomic mass is 19.1. The number of methoxy groups -OCH3 is 1. The fourth-order valence-corrected chi connectivity index (χ4v) is 3.21. The molecule has 10 heteroatoms. The van der Waals surface area contributed by atoms with Crippen molar-refractivity contribution in [2.24, 2.45) is 7.05 Å². The Morgan fingerprint density at radius 3 is 2.74 bits per heavy atom. The average molecular weight is 419 g/mol. The molecule has 0 fully saturated rings. The molecule has 0 unspecified atom stereocenters. The van der Waals surface area contributed by atoms with E-state index in [0.717, 1.165) is 6.20 Å². The van der Waals surface area contributed by atoms with E-state index in [4.69, 9.17) is 4.74 Å². The number of ether oxygens (including phenoxy) is 1. The van der Waals surface area contributed by atoms with Crippen molar-refractivity contribution < 1.29 is 9.13 Å². The average Bonchev–Trinajstić information content (AvgIpc) is 3.04. The van der Waals surface area contributed by atoms with Crippen LogP contribution >= 0.6 is 0 Å². The third-order valence-electron chi connectivity index (χ3n) is 4.72. The second-order valence-corrected chi connectivity index (χ2v) is 6.82. The van der Waals surface area contributed by atoms with E-state index >= 15 is 0 Å². The first-order chi connectivity index (χ1) is 14.9. The maximum atomic E-state index is 13.5. The zero-order valence-corrected chi connectivity index (χ0v) is 16.9. The molecule has 0 aliphatic heterocycles. The summed E-state index contributed by atoms with van der Waals surface area (Å²) in [5.41, 5.74) is 1.81. The Balaban J connectivity index is 1.83. The normalized spacial score (nSPS) is 10.7. The predicted molar refractivity (Wildman–Crippen MR) is 115 cm³/mol. The van der Waals surface area contributed by atoms with Crippen molar-refractivity contribution in [2.45, 2.75) is 6.92 Å². The van der Waals surface area contributed by atoms with Gasteiger partial charge in [0.15, 0.2) is 11.4 Å². The van der Waals surface area contributed by atoms with Gasteiger partial charge in [-0.25, -0.2) is 14.4 Å². The summed E-state index contributed by atoms with van der Waals surface area (Å²) in [6, 6.07) is 10.4. The number of fused-ring (bicyclic) bond motifs is 1. The summed E-state index contributed by atoms with van der Waals surface area (Å²) in [7, 11) is 3.05. The molecule has 3 N–H and O–H groups in total. The molecule has 1 aromatic carbocycles. The SMILES string of the molecule is COc1c(C#N)cccc1Nc1cc(Nc2cc(C)c(F)cn2)nc2[nH]n(C)c(=O)c12. The maximum Gasteiger partial charge on any atom is 0.277 e. The van der Waals surface area contributed by atoms with Crippen LogP contribution < -0.4 is 20.9 Å². The Kier molecular flexibility index (Phi) is 5.00. The van der Waals surface area contributed by atoms with Crippen LogP contribution in [0.2, 0.25) is 0 Å². The van der Waals surface area contributed by atoms with Crippen LogP contribution in [-0.2, 0) is 7.05 Å². The fraction of sp³-hybridized carbons (Fsp3) is 0.143. The van der Waals surface area contributed by atoms with Crippen LogP contribution in [0.3, 0.4) is 0 Å². The molecule has 0 saturated heterocycles. The first kappa shape index (κ1) is 19.9. The van der Waals surface area contributed by atoms with Crippen molar-refractivity contribution in [1.29, 1.82) is 5.26 Å². The van der Waals surface area contributed by atoms with Crippen LogP contribution in [0.15, 0.2) is 41.3 Å². The largest absolute Gasteiger partial charge is 0.493 e.